The summed E-state index contributed by atoms with van der Waals surface area (Å²) in [6.07, 6.45) is 4.22. The number of aromatic nitrogens is 2. The highest BCUT2D eigenvalue weighted by molar-refractivity contribution is 5.37. The molecule has 3 rings (SSSR count). The molecule has 0 bridgehead atoms. The Morgan fingerprint density at radius 2 is 2.24 bits per heavy atom. The van der Waals surface area contributed by atoms with Crippen LogP contribution in [-0.4, -0.2) is 46.1 Å². The molecule has 1 aromatic carbocycles. The normalized spacial score (nSPS) is 16.5. The first-order chi connectivity index (χ1) is 10.2. The molecular formula is C16H21N3O2. The summed E-state index contributed by atoms with van der Waals surface area (Å²) >= 11 is 0. The van der Waals surface area contributed by atoms with Gasteiger partial charge in [0.15, 0.2) is 0 Å². The van der Waals surface area contributed by atoms with Crippen LogP contribution in [0.4, 0.5) is 0 Å². The van der Waals surface area contributed by atoms with Crippen LogP contribution in [0.1, 0.15) is 11.1 Å². The lowest BCUT2D eigenvalue weighted by molar-refractivity contribution is 0.0888. The Balaban J connectivity index is 1.60. The van der Waals surface area contributed by atoms with Gasteiger partial charge < -0.3 is 9.84 Å². The first-order valence-corrected chi connectivity index (χ1v) is 7.28. The van der Waals surface area contributed by atoms with Crippen molar-refractivity contribution < 1.29 is 9.84 Å². The summed E-state index contributed by atoms with van der Waals surface area (Å²) in [5.74, 6) is 0.896. The zero-order valence-corrected chi connectivity index (χ0v) is 12.3. The molecule has 112 valence electrons. The van der Waals surface area contributed by atoms with E-state index in [0.29, 0.717) is 13.1 Å². The van der Waals surface area contributed by atoms with Crippen molar-refractivity contribution in [3.63, 3.8) is 0 Å². The van der Waals surface area contributed by atoms with Gasteiger partial charge in [0.2, 0.25) is 0 Å². The van der Waals surface area contributed by atoms with Crippen LogP contribution >= 0.6 is 0 Å². The third-order valence-electron chi connectivity index (χ3n) is 3.93. The number of aliphatic hydroxyl groups is 1. The maximum absolute atomic E-state index is 10.2. The van der Waals surface area contributed by atoms with Crippen molar-refractivity contribution in [1.29, 1.82) is 0 Å². The summed E-state index contributed by atoms with van der Waals surface area (Å²) in [6.45, 7) is 3.04. The molecule has 0 aliphatic carbocycles. The summed E-state index contributed by atoms with van der Waals surface area (Å²) in [7, 11) is 1.69. The fourth-order valence-electron chi connectivity index (χ4n) is 2.85. The van der Waals surface area contributed by atoms with Crippen LogP contribution in [0.25, 0.3) is 0 Å². The second kappa shape index (κ2) is 6.28. The van der Waals surface area contributed by atoms with E-state index in [1.807, 2.05) is 18.3 Å². The molecule has 0 fully saturated rings. The summed E-state index contributed by atoms with van der Waals surface area (Å²) in [5, 5.41) is 14.3. The molecule has 1 N–H and O–H groups in total. The maximum atomic E-state index is 10.2. The number of hydrogen-bond donors (Lipinski definition) is 1. The van der Waals surface area contributed by atoms with Gasteiger partial charge in [0.1, 0.15) is 5.75 Å². The van der Waals surface area contributed by atoms with E-state index >= 15 is 0 Å². The second-order valence-electron chi connectivity index (χ2n) is 5.50. The highest BCUT2D eigenvalue weighted by Crippen LogP contribution is 2.23. The third-order valence-corrected chi connectivity index (χ3v) is 3.93. The van der Waals surface area contributed by atoms with E-state index in [4.69, 9.17) is 4.74 Å². The maximum Gasteiger partial charge on any atom is 0.119 e. The zero-order valence-electron chi connectivity index (χ0n) is 12.3. The van der Waals surface area contributed by atoms with Crippen LogP contribution in [-0.2, 0) is 19.5 Å². The molecule has 1 atom stereocenters. The van der Waals surface area contributed by atoms with Crippen molar-refractivity contribution in [3.05, 3.63) is 47.8 Å². The Hall–Kier alpha value is -1.85. The molecule has 1 aliphatic heterocycles. The largest absolute Gasteiger partial charge is 0.497 e. The van der Waals surface area contributed by atoms with Gasteiger partial charge in [-0.05, 0) is 35.7 Å². The van der Waals surface area contributed by atoms with Crippen molar-refractivity contribution in [2.45, 2.75) is 25.6 Å². The van der Waals surface area contributed by atoms with Gasteiger partial charge in [0.25, 0.3) is 0 Å². The van der Waals surface area contributed by atoms with Crippen molar-refractivity contribution in [2.24, 2.45) is 0 Å². The summed E-state index contributed by atoms with van der Waals surface area (Å²) in [6, 6.07) is 8.13. The molecule has 0 spiro atoms. The van der Waals surface area contributed by atoms with Gasteiger partial charge in [-0.2, -0.15) is 5.10 Å². The summed E-state index contributed by atoms with van der Waals surface area (Å²) < 4.78 is 7.06. The standard InChI is InChI=1S/C16H21N3O2/c1-21-16-4-3-13-5-8-18(10-14(13)9-16)11-15(20)12-19-7-2-6-17-19/h2-4,6-7,9,15,20H,5,8,10-12H2,1H3/t15-/m1/s1. The molecular weight excluding hydrogens is 266 g/mol. The lowest BCUT2D eigenvalue weighted by Crippen LogP contribution is -2.38. The minimum atomic E-state index is -0.406. The molecule has 1 aromatic heterocycles. The van der Waals surface area contributed by atoms with E-state index in [-0.39, 0.29) is 0 Å². The van der Waals surface area contributed by atoms with E-state index in [9.17, 15) is 5.11 Å². The van der Waals surface area contributed by atoms with Gasteiger partial charge in [-0.1, -0.05) is 6.07 Å². The molecule has 5 heteroatoms. The molecule has 1 aliphatic rings. The van der Waals surface area contributed by atoms with E-state index in [1.165, 1.54) is 11.1 Å². The number of aliphatic hydroxyl groups excluding tert-OH is 1. The van der Waals surface area contributed by atoms with Crippen LogP contribution in [0.5, 0.6) is 5.75 Å². The minimum absolute atomic E-state index is 0.406. The van der Waals surface area contributed by atoms with Crippen LogP contribution in [0, 0.1) is 0 Å². The van der Waals surface area contributed by atoms with Crippen molar-refractivity contribution in [3.8, 4) is 5.75 Å². The van der Waals surface area contributed by atoms with Crippen LogP contribution in [0.15, 0.2) is 36.7 Å². The fraction of sp³-hybridized carbons (Fsp3) is 0.438. The molecule has 0 saturated heterocycles. The van der Waals surface area contributed by atoms with E-state index in [0.717, 1.165) is 25.3 Å². The highest BCUT2D eigenvalue weighted by Gasteiger charge is 2.19. The predicted molar refractivity (Wildman–Crippen MR) is 80.2 cm³/mol. The van der Waals surface area contributed by atoms with Gasteiger partial charge in [0, 0.05) is 32.0 Å². The molecule has 0 radical (unpaired) electrons. The van der Waals surface area contributed by atoms with Crippen molar-refractivity contribution in [2.75, 3.05) is 20.2 Å². The van der Waals surface area contributed by atoms with Gasteiger partial charge in [-0.3, -0.25) is 9.58 Å². The smallest absolute Gasteiger partial charge is 0.119 e. The molecule has 2 heterocycles. The molecule has 21 heavy (non-hydrogen) atoms. The van der Waals surface area contributed by atoms with E-state index < -0.39 is 6.10 Å². The van der Waals surface area contributed by atoms with Crippen LogP contribution in [0.3, 0.4) is 0 Å². The van der Waals surface area contributed by atoms with E-state index in [1.54, 1.807) is 18.0 Å². The number of methoxy groups -OCH3 is 1. The first kappa shape index (κ1) is 14.1. The van der Waals surface area contributed by atoms with Gasteiger partial charge in [0.05, 0.1) is 19.8 Å². The zero-order chi connectivity index (χ0) is 14.7. The summed E-state index contributed by atoms with van der Waals surface area (Å²) in [5.41, 5.74) is 2.68. The third kappa shape index (κ3) is 3.43. The van der Waals surface area contributed by atoms with Crippen molar-refractivity contribution in [1.82, 2.24) is 14.7 Å². The number of nitrogens with zero attached hydrogens (tertiary/aromatic N) is 3. The topological polar surface area (TPSA) is 50.5 Å². The first-order valence-electron chi connectivity index (χ1n) is 7.28. The molecule has 0 unspecified atom stereocenters. The lowest BCUT2D eigenvalue weighted by atomic mass is 9.99. The Kier molecular flexibility index (Phi) is 4.22. The number of β-amino-alcohol motifs (C(OH)–C–C–N with tert-alkyl or cyclic N) is 1. The number of hydrogen-bond acceptors (Lipinski definition) is 4. The molecule has 0 amide bonds. The van der Waals surface area contributed by atoms with Gasteiger partial charge in [-0.25, -0.2) is 0 Å². The monoisotopic (exact) mass is 287 g/mol. The minimum Gasteiger partial charge on any atom is -0.497 e. The van der Waals surface area contributed by atoms with E-state index in [2.05, 4.69) is 22.1 Å². The predicted octanol–water partition coefficient (Wildman–Crippen LogP) is 1.31. The van der Waals surface area contributed by atoms with Gasteiger partial charge in [-0.15, -0.1) is 0 Å². The summed E-state index contributed by atoms with van der Waals surface area (Å²) in [4.78, 5) is 2.29. The molecule has 5 nitrogen and oxygen atoms in total. The number of ether oxygens (including phenoxy) is 1. The van der Waals surface area contributed by atoms with Crippen LogP contribution < -0.4 is 4.74 Å². The van der Waals surface area contributed by atoms with Gasteiger partial charge >= 0.3 is 0 Å². The fourth-order valence-corrected chi connectivity index (χ4v) is 2.85. The SMILES string of the molecule is COc1ccc2c(c1)CN(C[C@@H](O)Cn1cccn1)CC2. The Morgan fingerprint density at radius 1 is 1.33 bits per heavy atom. The highest BCUT2D eigenvalue weighted by atomic mass is 16.5. The number of fused-ring (bicyclic) bond motifs is 1. The number of benzene rings is 1. The number of rotatable bonds is 5. The lowest BCUT2D eigenvalue weighted by Gasteiger charge is -2.30. The van der Waals surface area contributed by atoms with Crippen LogP contribution in [0.2, 0.25) is 0 Å². The molecule has 2 aromatic rings. The molecule has 0 saturated carbocycles. The van der Waals surface area contributed by atoms with Crippen molar-refractivity contribution >= 4 is 0 Å². The average Bonchev–Trinajstić information content (AvgIpc) is 2.99. The Morgan fingerprint density at radius 3 is 3.00 bits per heavy atom. The average molecular weight is 287 g/mol. The Labute approximate surface area is 124 Å². The Bertz CT molecular complexity index is 583. The second-order valence-corrected chi connectivity index (χ2v) is 5.50. The quantitative estimate of drug-likeness (QED) is 0.901.